The number of allylic oxidation sites excluding steroid dienone is 4. The van der Waals surface area contributed by atoms with Crippen LogP contribution in [0.3, 0.4) is 0 Å². The molecule has 3 nitrogen and oxygen atoms in total. The van der Waals surface area contributed by atoms with Crippen molar-refractivity contribution in [3.63, 3.8) is 0 Å². The summed E-state index contributed by atoms with van der Waals surface area (Å²) in [6.45, 7) is 4.10. The molecule has 0 saturated heterocycles. The maximum Gasteiger partial charge on any atom is 0.165 e. The van der Waals surface area contributed by atoms with Gasteiger partial charge in [-0.3, -0.25) is 9.59 Å². The standard InChI is InChI=1S/C31H34O3/c1-3-15-31(34)16-14-27-25-12-10-22-17-23(32)11-13-24(22)28(25)26(18-30(27,31)2)19-4-6-20(7-5-19)29(33)21-8-9-21/h4-7,17,21,25-27,34H,8-14,16,18H2,1-2H3/t25?,26?,27?,30-,31-/m0/s1. The first-order chi connectivity index (χ1) is 16.3. The number of hydrogen-bond acceptors (Lipinski definition) is 3. The van der Waals surface area contributed by atoms with E-state index in [1.54, 1.807) is 0 Å². The molecule has 3 fully saturated rings. The molecule has 0 radical (unpaired) electrons. The smallest absolute Gasteiger partial charge is 0.165 e. The Labute approximate surface area is 202 Å². The molecule has 3 heteroatoms. The summed E-state index contributed by atoms with van der Waals surface area (Å²) in [5.41, 5.74) is 5.00. The van der Waals surface area contributed by atoms with E-state index in [-0.39, 0.29) is 28.8 Å². The van der Waals surface area contributed by atoms with Gasteiger partial charge in [0, 0.05) is 29.2 Å². The molecule has 0 amide bonds. The number of rotatable bonds is 3. The van der Waals surface area contributed by atoms with Crippen LogP contribution in [-0.4, -0.2) is 22.3 Å². The summed E-state index contributed by atoms with van der Waals surface area (Å²) < 4.78 is 0. The lowest BCUT2D eigenvalue weighted by Crippen LogP contribution is -2.51. The maximum atomic E-state index is 12.6. The molecule has 0 aliphatic heterocycles. The van der Waals surface area contributed by atoms with E-state index in [0.717, 1.165) is 56.9 Å². The van der Waals surface area contributed by atoms with Crippen LogP contribution in [0.15, 0.2) is 47.1 Å². The van der Waals surface area contributed by atoms with Crippen molar-refractivity contribution in [2.75, 3.05) is 0 Å². The van der Waals surface area contributed by atoms with Gasteiger partial charge < -0.3 is 5.11 Å². The zero-order valence-corrected chi connectivity index (χ0v) is 20.3. The van der Waals surface area contributed by atoms with Crippen LogP contribution in [0.25, 0.3) is 0 Å². The Hall–Kier alpha value is -2.44. The van der Waals surface area contributed by atoms with E-state index >= 15 is 0 Å². The normalized spacial score (nSPS) is 36.6. The van der Waals surface area contributed by atoms with Gasteiger partial charge in [-0.05, 0) is 92.9 Å². The van der Waals surface area contributed by atoms with Gasteiger partial charge in [-0.15, -0.1) is 5.92 Å². The third-order valence-electron chi connectivity index (χ3n) is 9.76. The zero-order chi connectivity index (χ0) is 23.7. The van der Waals surface area contributed by atoms with Gasteiger partial charge in [-0.25, -0.2) is 0 Å². The molecule has 5 aliphatic rings. The number of fused-ring (bicyclic) bond motifs is 4. The molecule has 34 heavy (non-hydrogen) atoms. The van der Waals surface area contributed by atoms with Crippen LogP contribution in [0, 0.1) is 35.0 Å². The average Bonchev–Trinajstić information content (AvgIpc) is 3.64. The number of hydrogen-bond donors (Lipinski definition) is 1. The van der Waals surface area contributed by atoms with Crippen molar-refractivity contribution in [3.8, 4) is 11.8 Å². The second kappa shape index (κ2) is 7.79. The highest BCUT2D eigenvalue weighted by Crippen LogP contribution is 2.66. The molecule has 5 atom stereocenters. The van der Waals surface area contributed by atoms with Crippen LogP contribution in [0.1, 0.15) is 93.5 Å². The minimum atomic E-state index is -0.957. The van der Waals surface area contributed by atoms with Gasteiger partial charge in [0.2, 0.25) is 0 Å². The molecule has 1 N–H and O–H groups in total. The van der Waals surface area contributed by atoms with Gasteiger partial charge in [0.15, 0.2) is 11.6 Å². The zero-order valence-electron chi connectivity index (χ0n) is 20.3. The number of aliphatic hydroxyl groups is 1. The summed E-state index contributed by atoms with van der Waals surface area (Å²) in [5, 5.41) is 11.8. The van der Waals surface area contributed by atoms with Crippen molar-refractivity contribution in [2.45, 2.75) is 83.2 Å². The number of ketones is 2. The van der Waals surface area contributed by atoms with Crippen LogP contribution in [0.4, 0.5) is 0 Å². The number of benzene rings is 1. The SMILES string of the molecule is CC#C[C@]1(O)CCC2C3CCC4=CC(=O)CCC4=C3C(c3ccc(C(=O)C4CC4)cc3)C[C@@]21C. The van der Waals surface area contributed by atoms with Crippen molar-refractivity contribution in [1.29, 1.82) is 0 Å². The van der Waals surface area contributed by atoms with Crippen LogP contribution in [-0.2, 0) is 4.79 Å². The summed E-state index contributed by atoms with van der Waals surface area (Å²) in [6.07, 6.45) is 9.98. The Morgan fingerprint density at radius 3 is 2.53 bits per heavy atom. The van der Waals surface area contributed by atoms with Crippen molar-refractivity contribution in [2.24, 2.45) is 23.2 Å². The fourth-order valence-corrected chi connectivity index (χ4v) is 7.84. The van der Waals surface area contributed by atoms with Gasteiger partial charge in [0.25, 0.3) is 0 Å². The highest BCUT2D eigenvalue weighted by Gasteiger charge is 2.62. The van der Waals surface area contributed by atoms with E-state index in [9.17, 15) is 14.7 Å². The van der Waals surface area contributed by atoms with E-state index in [4.69, 9.17) is 0 Å². The molecule has 176 valence electrons. The summed E-state index contributed by atoms with van der Waals surface area (Å²) in [4.78, 5) is 24.8. The van der Waals surface area contributed by atoms with Gasteiger partial charge in [-0.2, -0.15) is 0 Å². The van der Waals surface area contributed by atoms with Crippen molar-refractivity contribution in [1.82, 2.24) is 0 Å². The summed E-state index contributed by atoms with van der Waals surface area (Å²) in [6, 6.07) is 8.34. The van der Waals surface area contributed by atoms with Crippen LogP contribution in [0.2, 0.25) is 0 Å². The molecular formula is C31H34O3. The Kier molecular flexibility index (Phi) is 5.05. The number of Topliss-reactive ketones (excluding diaryl/α,β-unsaturated/α-hetero) is 1. The molecule has 0 heterocycles. The minimum absolute atomic E-state index is 0.187. The lowest BCUT2D eigenvalue weighted by molar-refractivity contribution is -0.114. The van der Waals surface area contributed by atoms with Gasteiger partial charge in [0.1, 0.15) is 5.60 Å². The second-order valence-electron chi connectivity index (χ2n) is 11.5. The topological polar surface area (TPSA) is 54.4 Å². The first-order valence-electron chi connectivity index (χ1n) is 13.1. The van der Waals surface area contributed by atoms with Crippen molar-refractivity contribution >= 4 is 11.6 Å². The number of carbonyl (C=O) groups excluding carboxylic acids is 2. The molecule has 1 aromatic carbocycles. The van der Waals surface area contributed by atoms with Crippen LogP contribution in [0.5, 0.6) is 0 Å². The third kappa shape index (κ3) is 3.22. The Morgan fingerprint density at radius 1 is 1.06 bits per heavy atom. The second-order valence-corrected chi connectivity index (χ2v) is 11.5. The first kappa shape index (κ1) is 22.1. The highest BCUT2D eigenvalue weighted by atomic mass is 16.3. The predicted octanol–water partition coefficient (Wildman–Crippen LogP) is 5.93. The highest BCUT2D eigenvalue weighted by molar-refractivity contribution is 5.99. The molecule has 1 aromatic rings. The Bertz CT molecular complexity index is 1190. The van der Waals surface area contributed by atoms with E-state index in [1.165, 1.54) is 22.3 Å². The monoisotopic (exact) mass is 454 g/mol. The van der Waals surface area contributed by atoms with E-state index in [0.29, 0.717) is 18.3 Å². The summed E-state index contributed by atoms with van der Waals surface area (Å²) >= 11 is 0. The molecule has 5 aliphatic carbocycles. The van der Waals surface area contributed by atoms with Gasteiger partial charge >= 0.3 is 0 Å². The Balaban J connectivity index is 1.47. The van der Waals surface area contributed by atoms with Gasteiger partial charge in [-0.1, -0.05) is 42.7 Å². The average molecular weight is 455 g/mol. The molecule has 0 aromatic heterocycles. The quantitative estimate of drug-likeness (QED) is 0.455. The van der Waals surface area contributed by atoms with Crippen molar-refractivity contribution in [3.05, 3.63) is 58.2 Å². The van der Waals surface area contributed by atoms with Crippen molar-refractivity contribution < 1.29 is 14.7 Å². The third-order valence-corrected chi connectivity index (χ3v) is 9.76. The lowest BCUT2D eigenvalue weighted by atomic mass is 9.51. The lowest BCUT2D eigenvalue weighted by Gasteiger charge is -2.53. The number of carbonyl (C=O) groups is 2. The molecule has 3 saturated carbocycles. The van der Waals surface area contributed by atoms with E-state index in [2.05, 4.69) is 30.9 Å². The summed E-state index contributed by atoms with van der Waals surface area (Å²) in [5.74, 6) is 8.02. The largest absolute Gasteiger partial charge is 0.377 e. The van der Waals surface area contributed by atoms with Crippen LogP contribution < -0.4 is 0 Å². The molecule has 0 bridgehead atoms. The Morgan fingerprint density at radius 2 is 1.82 bits per heavy atom. The first-order valence-corrected chi connectivity index (χ1v) is 13.1. The molecule has 6 rings (SSSR count). The summed E-state index contributed by atoms with van der Waals surface area (Å²) in [7, 11) is 0. The fourth-order valence-electron chi connectivity index (χ4n) is 7.84. The van der Waals surface area contributed by atoms with Crippen LogP contribution >= 0.6 is 0 Å². The van der Waals surface area contributed by atoms with E-state index in [1.807, 2.05) is 25.1 Å². The minimum Gasteiger partial charge on any atom is -0.377 e. The van der Waals surface area contributed by atoms with E-state index < -0.39 is 5.60 Å². The molecule has 0 spiro atoms. The maximum absolute atomic E-state index is 12.6. The fraction of sp³-hybridized carbons (Fsp3) is 0.548. The van der Waals surface area contributed by atoms with Gasteiger partial charge in [0.05, 0.1) is 0 Å². The predicted molar refractivity (Wildman–Crippen MR) is 132 cm³/mol. The molecular weight excluding hydrogens is 420 g/mol. The molecule has 3 unspecified atom stereocenters.